The van der Waals surface area contributed by atoms with Crippen LogP contribution in [0.4, 0.5) is 15.8 Å². The Morgan fingerprint density at radius 2 is 2.22 bits per heavy atom. The lowest BCUT2D eigenvalue weighted by Gasteiger charge is -2.13. The first kappa shape index (κ1) is 12.1. The molecule has 1 unspecified atom stereocenters. The Hall–Kier alpha value is -2.37. The molecular weight excluding hydrogens is 239 g/mol. The zero-order chi connectivity index (χ0) is 13.1. The van der Waals surface area contributed by atoms with Crippen LogP contribution in [0.5, 0.6) is 0 Å². The second-order valence-electron chi connectivity index (χ2n) is 3.84. The summed E-state index contributed by atoms with van der Waals surface area (Å²) in [5.74, 6) is -0.525. The van der Waals surface area contributed by atoms with Crippen LogP contribution >= 0.6 is 0 Å². The van der Waals surface area contributed by atoms with E-state index >= 15 is 0 Å². The van der Waals surface area contributed by atoms with Crippen LogP contribution in [-0.4, -0.2) is 4.92 Å². The van der Waals surface area contributed by atoms with E-state index in [1.807, 2.05) is 0 Å². The molecule has 0 amide bonds. The number of hydrogen-bond donors (Lipinski definition) is 1. The van der Waals surface area contributed by atoms with Gasteiger partial charge in [-0.1, -0.05) is 0 Å². The van der Waals surface area contributed by atoms with E-state index in [-0.39, 0.29) is 17.4 Å². The van der Waals surface area contributed by atoms with E-state index in [0.717, 1.165) is 23.8 Å². The molecule has 94 valence electrons. The summed E-state index contributed by atoms with van der Waals surface area (Å²) < 4.78 is 18.0. The van der Waals surface area contributed by atoms with Crippen LogP contribution in [0.3, 0.4) is 0 Å². The number of rotatable bonds is 4. The minimum absolute atomic E-state index is 0.147. The number of halogens is 1. The SMILES string of the molecule is CC(Nc1cc(F)ccc1[N+](=O)[O-])c1ccoc1. The average Bonchev–Trinajstić information content (AvgIpc) is 2.81. The van der Waals surface area contributed by atoms with E-state index in [4.69, 9.17) is 4.42 Å². The third kappa shape index (κ3) is 2.48. The van der Waals surface area contributed by atoms with Gasteiger partial charge >= 0.3 is 0 Å². The van der Waals surface area contributed by atoms with Crippen molar-refractivity contribution in [3.05, 3.63) is 58.3 Å². The molecule has 0 saturated heterocycles. The Morgan fingerprint density at radius 3 is 2.83 bits per heavy atom. The first-order chi connectivity index (χ1) is 8.58. The second-order valence-corrected chi connectivity index (χ2v) is 3.84. The number of furan rings is 1. The molecule has 1 aromatic carbocycles. The van der Waals surface area contributed by atoms with E-state index in [9.17, 15) is 14.5 Å². The maximum Gasteiger partial charge on any atom is 0.292 e. The van der Waals surface area contributed by atoms with Gasteiger partial charge in [-0.05, 0) is 19.1 Å². The quantitative estimate of drug-likeness (QED) is 0.666. The predicted molar refractivity (Wildman–Crippen MR) is 63.8 cm³/mol. The zero-order valence-corrected chi connectivity index (χ0v) is 9.59. The van der Waals surface area contributed by atoms with Gasteiger partial charge in [0, 0.05) is 17.7 Å². The smallest absolute Gasteiger partial charge is 0.292 e. The Labute approximate surface area is 102 Å². The first-order valence-corrected chi connectivity index (χ1v) is 5.30. The summed E-state index contributed by atoms with van der Waals surface area (Å²) in [5.41, 5.74) is 0.814. The van der Waals surface area contributed by atoms with E-state index in [2.05, 4.69) is 5.32 Å². The van der Waals surface area contributed by atoms with E-state index in [1.165, 1.54) is 12.5 Å². The maximum atomic E-state index is 13.1. The molecular formula is C12H11FN2O3. The highest BCUT2D eigenvalue weighted by Gasteiger charge is 2.17. The predicted octanol–water partition coefficient (Wildman–Crippen LogP) is 3.50. The highest BCUT2D eigenvalue weighted by Crippen LogP contribution is 2.28. The van der Waals surface area contributed by atoms with Crippen molar-refractivity contribution in [1.82, 2.24) is 0 Å². The number of nitrogens with zero attached hydrogens (tertiary/aromatic N) is 1. The Balaban J connectivity index is 2.28. The lowest BCUT2D eigenvalue weighted by molar-refractivity contribution is -0.384. The van der Waals surface area contributed by atoms with Crippen molar-refractivity contribution < 1.29 is 13.7 Å². The van der Waals surface area contributed by atoms with Gasteiger partial charge in [-0.3, -0.25) is 10.1 Å². The molecule has 0 bridgehead atoms. The number of nitro groups is 1. The van der Waals surface area contributed by atoms with Crippen LogP contribution in [0.25, 0.3) is 0 Å². The molecule has 0 fully saturated rings. The number of nitrogens with one attached hydrogen (secondary N) is 1. The fourth-order valence-corrected chi connectivity index (χ4v) is 1.62. The van der Waals surface area contributed by atoms with Crippen LogP contribution in [0.2, 0.25) is 0 Å². The summed E-state index contributed by atoms with van der Waals surface area (Å²) in [6.07, 6.45) is 3.04. The lowest BCUT2D eigenvalue weighted by Crippen LogP contribution is -2.07. The average molecular weight is 250 g/mol. The van der Waals surface area contributed by atoms with E-state index in [0.29, 0.717) is 0 Å². The van der Waals surface area contributed by atoms with E-state index < -0.39 is 10.7 Å². The lowest BCUT2D eigenvalue weighted by atomic mass is 10.1. The van der Waals surface area contributed by atoms with Gasteiger partial charge < -0.3 is 9.73 Å². The molecule has 1 N–H and O–H groups in total. The summed E-state index contributed by atoms with van der Waals surface area (Å²) in [4.78, 5) is 10.3. The molecule has 1 atom stereocenters. The number of nitro benzene ring substituents is 1. The Kier molecular flexibility index (Phi) is 3.27. The van der Waals surface area contributed by atoms with Crippen molar-refractivity contribution in [1.29, 1.82) is 0 Å². The molecule has 1 aromatic heterocycles. The topological polar surface area (TPSA) is 68.3 Å². The van der Waals surface area contributed by atoms with Crippen molar-refractivity contribution in [2.45, 2.75) is 13.0 Å². The van der Waals surface area contributed by atoms with Crippen LogP contribution in [-0.2, 0) is 0 Å². The molecule has 1 heterocycles. The van der Waals surface area contributed by atoms with Gasteiger partial charge in [0.25, 0.3) is 5.69 Å². The van der Waals surface area contributed by atoms with Crippen molar-refractivity contribution in [2.75, 3.05) is 5.32 Å². The molecule has 5 nitrogen and oxygen atoms in total. The standard InChI is InChI=1S/C12H11FN2O3/c1-8(9-4-5-18-7-9)14-11-6-10(13)2-3-12(11)15(16)17/h2-8,14H,1H3. The van der Waals surface area contributed by atoms with E-state index in [1.54, 1.807) is 13.0 Å². The summed E-state index contributed by atoms with van der Waals surface area (Å²) in [5, 5.41) is 13.7. The van der Waals surface area contributed by atoms with Gasteiger partial charge in [-0.2, -0.15) is 0 Å². The molecule has 0 aliphatic heterocycles. The van der Waals surface area contributed by atoms with Crippen molar-refractivity contribution in [2.24, 2.45) is 0 Å². The van der Waals surface area contributed by atoms with Gasteiger partial charge in [-0.25, -0.2) is 4.39 Å². The third-order valence-electron chi connectivity index (χ3n) is 2.57. The largest absolute Gasteiger partial charge is 0.472 e. The summed E-state index contributed by atoms with van der Waals surface area (Å²) >= 11 is 0. The molecule has 0 radical (unpaired) electrons. The van der Waals surface area contributed by atoms with Crippen molar-refractivity contribution in [3.63, 3.8) is 0 Å². The number of hydrogen-bond acceptors (Lipinski definition) is 4. The molecule has 2 rings (SSSR count). The highest BCUT2D eigenvalue weighted by molar-refractivity contribution is 5.62. The van der Waals surface area contributed by atoms with Crippen molar-refractivity contribution >= 4 is 11.4 Å². The van der Waals surface area contributed by atoms with Crippen LogP contribution in [0.15, 0.2) is 41.2 Å². The Bertz CT molecular complexity index is 554. The fourth-order valence-electron chi connectivity index (χ4n) is 1.62. The van der Waals surface area contributed by atoms with Crippen LogP contribution in [0.1, 0.15) is 18.5 Å². The van der Waals surface area contributed by atoms with Gasteiger partial charge in [0.1, 0.15) is 11.5 Å². The van der Waals surface area contributed by atoms with Crippen LogP contribution in [0, 0.1) is 15.9 Å². The minimum atomic E-state index is -0.552. The number of benzene rings is 1. The minimum Gasteiger partial charge on any atom is -0.472 e. The summed E-state index contributed by atoms with van der Waals surface area (Å²) in [6.45, 7) is 1.81. The van der Waals surface area contributed by atoms with Gasteiger partial charge in [0.15, 0.2) is 0 Å². The maximum absolute atomic E-state index is 13.1. The molecule has 6 heteroatoms. The first-order valence-electron chi connectivity index (χ1n) is 5.30. The third-order valence-corrected chi connectivity index (χ3v) is 2.57. The highest BCUT2D eigenvalue weighted by atomic mass is 19.1. The molecule has 0 aliphatic carbocycles. The monoisotopic (exact) mass is 250 g/mol. The fraction of sp³-hybridized carbons (Fsp3) is 0.167. The Morgan fingerprint density at radius 1 is 1.44 bits per heavy atom. The zero-order valence-electron chi connectivity index (χ0n) is 9.59. The molecule has 0 saturated carbocycles. The number of anilines is 1. The second kappa shape index (κ2) is 4.87. The summed E-state index contributed by atoms with van der Waals surface area (Å²) in [7, 11) is 0. The van der Waals surface area contributed by atoms with Gasteiger partial charge in [0.05, 0.1) is 23.5 Å². The van der Waals surface area contributed by atoms with Gasteiger partial charge in [0.2, 0.25) is 0 Å². The molecule has 0 spiro atoms. The molecule has 18 heavy (non-hydrogen) atoms. The molecule has 2 aromatic rings. The van der Waals surface area contributed by atoms with Crippen molar-refractivity contribution in [3.8, 4) is 0 Å². The van der Waals surface area contributed by atoms with Crippen LogP contribution < -0.4 is 5.32 Å². The van der Waals surface area contributed by atoms with Gasteiger partial charge in [-0.15, -0.1) is 0 Å². The summed E-state index contributed by atoms with van der Waals surface area (Å²) in [6, 6.07) is 4.83. The molecule has 0 aliphatic rings. The normalized spacial score (nSPS) is 12.1.